The van der Waals surface area contributed by atoms with Crippen LogP contribution in [0.25, 0.3) is 0 Å². The maximum absolute atomic E-state index is 13.0. The van der Waals surface area contributed by atoms with Gasteiger partial charge in [0.1, 0.15) is 0 Å². The van der Waals surface area contributed by atoms with Gasteiger partial charge in [-0.15, -0.1) is 0 Å². The fraction of sp³-hybridized carbons (Fsp3) is 0.381. The molecule has 0 bridgehead atoms. The molecule has 2 aromatic rings. The van der Waals surface area contributed by atoms with Crippen molar-refractivity contribution in [3.05, 3.63) is 65.2 Å². The first kappa shape index (κ1) is 19.6. The molecule has 2 aromatic carbocycles. The van der Waals surface area contributed by atoms with E-state index in [2.05, 4.69) is 5.32 Å². The molecule has 0 spiro atoms. The summed E-state index contributed by atoms with van der Waals surface area (Å²) in [6, 6.07) is 14.2. The Morgan fingerprint density at radius 1 is 1.15 bits per heavy atom. The summed E-state index contributed by atoms with van der Waals surface area (Å²) in [6.07, 6.45) is 2.80. The smallest absolute Gasteiger partial charge is 0.251 e. The first-order valence-electron chi connectivity index (χ1n) is 9.34. The fourth-order valence-corrected chi connectivity index (χ4v) is 5.19. The maximum atomic E-state index is 13.0. The van der Waals surface area contributed by atoms with Crippen LogP contribution in [0.2, 0.25) is 0 Å². The Kier molecular flexibility index (Phi) is 5.97. The molecule has 0 aliphatic carbocycles. The second-order valence-corrected chi connectivity index (χ2v) is 8.99. The van der Waals surface area contributed by atoms with Gasteiger partial charge in [-0.1, -0.05) is 36.8 Å². The Bertz CT molecular complexity index is 925. The highest BCUT2D eigenvalue weighted by Crippen LogP contribution is 2.25. The van der Waals surface area contributed by atoms with Crippen molar-refractivity contribution in [2.45, 2.75) is 50.6 Å². The van der Waals surface area contributed by atoms with Crippen LogP contribution in [0.15, 0.2) is 53.4 Å². The van der Waals surface area contributed by atoms with Gasteiger partial charge in [0, 0.05) is 24.7 Å². The van der Waals surface area contributed by atoms with Gasteiger partial charge in [0.05, 0.1) is 4.90 Å². The third kappa shape index (κ3) is 4.39. The number of hydrogen-bond donors (Lipinski definition) is 1. The summed E-state index contributed by atoms with van der Waals surface area (Å²) in [7, 11) is -3.59. The number of rotatable bonds is 5. The normalized spacial score (nSPS) is 18.2. The monoisotopic (exact) mass is 386 g/mol. The van der Waals surface area contributed by atoms with Crippen molar-refractivity contribution < 1.29 is 13.2 Å². The molecule has 5 nitrogen and oxygen atoms in total. The number of carbonyl (C=O) groups is 1. The van der Waals surface area contributed by atoms with Gasteiger partial charge in [-0.25, -0.2) is 8.42 Å². The van der Waals surface area contributed by atoms with E-state index >= 15 is 0 Å². The molecule has 0 aromatic heterocycles. The van der Waals surface area contributed by atoms with E-state index < -0.39 is 10.0 Å². The Morgan fingerprint density at radius 3 is 2.67 bits per heavy atom. The zero-order chi connectivity index (χ0) is 19.4. The summed E-state index contributed by atoms with van der Waals surface area (Å²) in [6.45, 7) is 4.88. The van der Waals surface area contributed by atoms with Crippen molar-refractivity contribution in [3.8, 4) is 0 Å². The van der Waals surface area contributed by atoms with Crippen molar-refractivity contribution in [2.75, 3.05) is 6.54 Å². The van der Waals surface area contributed by atoms with Gasteiger partial charge in [0.2, 0.25) is 10.0 Å². The van der Waals surface area contributed by atoms with Gasteiger partial charge in [-0.3, -0.25) is 4.79 Å². The van der Waals surface area contributed by atoms with Crippen molar-refractivity contribution in [1.29, 1.82) is 0 Å². The van der Waals surface area contributed by atoms with Gasteiger partial charge >= 0.3 is 0 Å². The van der Waals surface area contributed by atoms with Crippen LogP contribution in [0.3, 0.4) is 0 Å². The standard InChI is InChI=1S/C21H26N2O3S/c1-16-8-3-4-10-19(16)15-22-21(24)18-11-7-12-20(14-18)27(25,26)23-13-6-5-9-17(23)2/h3-4,7-8,10-12,14,17H,5-6,9,13,15H2,1-2H3,(H,22,24)/t17-/m1/s1. The minimum Gasteiger partial charge on any atom is -0.348 e. The molecular formula is C21H26N2O3S. The molecule has 144 valence electrons. The van der Waals surface area contributed by atoms with Crippen LogP contribution in [0, 0.1) is 6.92 Å². The Hall–Kier alpha value is -2.18. The van der Waals surface area contributed by atoms with E-state index in [0.717, 1.165) is 30.4 Å². The van der Waals surface area contributed by atoms with Crippen LogP contribution < -0.4 is 5.32 Å². The average Bonchev–Trinajstić information content (AvgIpc) is 2.67. The van der Waals surface area contributed by atoms with Crippen LogP contribution >= 0.6 is 0 Å². The molecule has 6 heteroatoms. The molecule has 0 unspecified atom stereocenters. The molecule has 1 fully saturated rings. The molecule has 1 heterocycles. The first-order valence-corrected chi connectivity index (χ1v) is 10.8. The summed E-state index contributed by atoms with van der Waals surface area (Å²) < 4.78 is 27.5. The van der Waals surface area contributed by atoms with E-state index in [-0.39, 0.29) is 16.8 Å². The summed E-state index contributed by atoms with van der Waals surface area (Å²) in [5.74, 6) is -0.276. The number of hydrogen-bond acceptors (Lipinski definition) is 3. The van der Waals surface area contributed by atoms with Crippen molar-refractivity contribution in [1.82, 2.24) is 9.62 Å². The summed E-state index contributed by atoms with van der Waals surface area (Å²) in [5.41, 5.74) is 2.50. The highest BCUT2D eigenvalue weighted by atomic mass is 32.2. The van der Waals surface area contributed by atoms with Crippen molar-refractivity contribution >= 4 is 15.9 Å². The lowest BCUT2D eigenvalue weighted by Gasteiger charge is -2.32. The molecule has 27 heavy (non-hydrogen) atoms. The van der Waals surface area contributed by atoms with E-state index in [1.165, 1.54) is 6.07 Å². The second kappa shape index (κ2) is 8.23. The molecule has 1 amide bonds. The third-order valence-corrected chi connectivity index (χ3v) is 7.16. The number of aryl methyl sites for hydroxylation is 1. The minimum absolute atomic E-state index is 0.0118. The zero-order valence-electron chi connectivity index (χ0n) is 15.8. The van der Waals surface area contributed by atoms with E-state index in [1.54, 1.807) is 22.5 Å². The largest absolute Gasteiger partial charge is 0.348 e. The molecule has 1 N–H and O–H groups in total. The van der Waals surface area contributed by atoms with Crippen molar-refractivity contribution in [3.63, 3.8) is 0 Å². The van der Waals surface area contributed by atoms with Crippen LogP contribution in [0.4, 0.5) is 0 Å². The fourth-order valence-electron chi connectivity index (χ4n) is 3.45. The van der Waals surface area contributed by atoms with E-state index in [4.69, 9.17) is 0 Å². The summed E-state index contributed by atoms with van der Waals surface area (Å²) >= 11 is 0. The quantitative estimate of drug-likeness (QED) is 0.855. The molecule has 1 aliphatic rings. The van der Waals surface area contributed by atoms with E-state index in [0.29, 0.717) is 18.7 Å². The molecule has 3 rings (SSSR count). The lowest BCUT2D eigenvalue weighted by atomic mass is 10.1. The molecule has 1 atom stereocenters. The highest BCUT2D eigenvalue weighted by Gasteiger charge is 2.31. The van der Waals surface area contributed by atoms with Gasteiger partial charge in [-0.2, -0.15) is 4.31 Å². The Labute approximate surface area is 161 Å². The van der Waals surface area contributed by atoms with E-state index in [9.17, 15) is 13.2 Å². The summed E-state index contributed by atoms with van der Waals surface area (Å²) in [4.78, 5) is 12.7. The molecule has 1 aliphatic heterocycles. The highest BCUT2D eigenvalue weighted by molar-refractivity contribution is 7.89. The number of piperidine rings is 1. The Morgan fingerprint density at radius 2 is 1.93 bits per heavy atom. The van der Waals surface area contributed by atoms with Crippen LogP contribution in [0.1, 0.15) is 47.7 Å². The van der Waals surface area contributed by atoms with Crippen molar-refractivity contribution in [2.24, 2.45) is 0 Å². The van der Waals surface area contributed by atoms with Gasteiger partial charge in [0.25, 0.3) is 5.91 Å². The number of amides is 1. The van der Waals surface area contributed by atoms with E-state index in [1.807, 2.05) is 38.1 Å². The lowest BCUT2D eigenvalue weighted by molar-refractivity contribution is 0.0950. The van der Waals surface area contributed by atoms with Crippen LogP contribution in [0.5, 0.6) is 0 Å². The lowest BCUT2D eigenvalue weighted by Crippen LogP contribution is -2.42. The Balaban J connectivity index is 1.76. The second-order valence-electron chi connectivity index (χ2n) is 7.10. The van der Waals surface area contributed by atoms with Gasteiger partial charge < -0.3 is 5.32 Å². The molecule has 0 radical (unpaired) electrons. The SMILES string of the molecule is Cc1ccccc1CNC(=O)c1cccc(S(=O)(=O)N2CCCC[C@H]2C)c1. The number of nitrogens with one attached hydrogen (secondary N) is 1. The molecule has 1 saturated heterocycles. The summed E-state index contributed by atoms with van der Waals surface area (Å²) in [5, 5.41) is 2.88. The number of carbonyl (C=O) groups excluding carboxylic acids is 1. The average molecular weight is 387 g/mol. The number of nitrogens with zero attached hydrogens (tertiary/aromatic N) is 1. The molecule has 0 saturated carbocycles. The van der Waals surface area contributed by atoms with Gasteiger partial charge in [0.15, 0.2) is 0 Å². The predicted octanol–water partition coefficient (Wildman–Crippen LogP) is 3.49. The first-order chi connectivity index (χ1) is 12.9. The molecular weight excluding hydrogens is 360 g/mol. The topological polar surface area (TPSA) is 66.5 Å². The maximum Gasteiger partial charge on any atom is 0.251 e. The van der Waals surface area contributed by atoms with Crippen LogP contribution in [-0.4, -0.2) is 31.2 Å². The number of benzene rings is 2. The number of sulfonamides is 1. The minimum atomic E-state index is -3.59. The third-order valence-electron chi connectivity index (χ3n) is 5.15. The predicted molar refractivity (Wildman–Crippen MR) is 106 cm³/mol. The van der Waals surface area contributed by atoms with Crippen LogP contribution in [-0.2, 0) is 16.6 Å². The van der Waals surface area contributed by atoms with Gasteiger partial charge in [-0.05, 0) is 56.0 Å². The zero-order valence-corrected chi connectivity index (χ0v) is 16.6.